The van der Waals surface area contributed by atoms with Crippen LogP contribution in [0.2, 0.25) is 0 Å². The van der Waals surface area contributed by atoms with Crippen molar-refractivity contribution in [3.63, 3.8) is 0 Å². The Morgan fingerprint density at radius 3 is 2.53 bits per heavy atom. The standard InChI is InChI=1S/C17H28N2/c1-3-7-14-10-12-19(13-11-14)17-9-6-5-8-15(17)16(18)4-2/h5-6,8-9,14,16H,3-4,7,10-13,18H2,1-2H3/t16-/m0/s1. The van der Waals surface area contributed by atoms with Crippen molar-refractivity contribution in [3.8, 4) is 0 Å². The van der Waals surface area contributed by atoms with E-state index in [1.165, 1.54) is 50.0 Å². The molecule has 106 valence electrons. The lowest BCUT2D eigenvalue weighted by atomic mass is 9.91. The van der Waals surface area contributed by atoms with E-state index in [1.807, 2.05) is 0 Å². The topological polar surface area (TPSA) is 29.3 Å². The van der Waals surface area contributed by atoms with Gasteiger partial charge in [-0.2, -0.15) is 0 Å². The molecule has 0 spiro atoms. The average molecular weight is 260 g/mol. The zero-order valence-corrected chi connectivity index (χ0v) is 12.4. The monoisotopic (exact) mass is 260 g/mol. The largest absolute Gasteiger partial charge is 0.371 e. The van der Waals surface area contributed by atoms with Crippen molar-refractivity contribution < 1.29 is 0 Å². The summed E-state index contributed by atoms with van der Waals surface area (Å²) in [5, 5.41) is 0. The van der Waals surface area contributed by atoms with Gasteiger partial charge in [0.05, 0.1) is 0 Å². The molecule has 2 rings (SSSR count). The molecule has 0 radical (unpaired) electrons. The van der Waals surface area contributed by atoms with E-state index in [9.17, 15) is 0 Å². The Kier molecular flexibility index (Phi) is 5.26. The maximum Gasteiger partial charge on any atom is 0.0414 e. The Bertz CT molecular complexity index is 381. The van der Waals surface area contributed by atoms with Gasteiger partial charge in [0.25, 0.3) is 0 Å². The lowest BCUT2D eigenvalue weighted by Crippen LogP contribution is -2.34. The van der Waals surface area contributed by atoms with Crippen molar-refractivity contribution in [1.82, 2.24) is 0 Å². The fourth-order valence-electron chi connectivity index (χ4n) is 3.18. The zero-order valence-electron chi connectivity index (χ0n) is 12.4. The van der Waals surface area contributed by atoms with Gasteiger partial charge in [-0.05, 0) is 36.8 Å². The molecule has 1 aromatic carbocycles. The molecule has 2 N–H and O–H groups in total. The summed E-state index contributed by atoms with van der Waals surface area (Å²) in [6, 6.07) is 8.86. The molecule has 0 saturated carbocycles. The summed E-state index contributed by atoms with van der Waals surface area (Å²) in [4.78, 5) is 2.54. The summed E-state index contributed by atoms with van der Waals surface area (Å²) in [6.45, 7) is 6.84. The Hall–Kier alpha value is -1.02. The molecule has 2 nitrogen and oxygen atoms in total. The smallest absolute Gasteiger partial charge is 0.0414 e. The van der Waals surface area contributed by atoms with Crippen molar-refractivity contribution in [2.45, 2.75) is 52.0 Å². The highest BCUT2D eigenvalue weighted by Gasteiger charge is 2.21. The summed E-state index contributed by atoms with van der Waals surface area (Å²) < 4.78 is 0. The number of anilines is 1. The molecule has 1 aliphatic heterocycles. The van der Waals surface area contributed by atoms with Gasteiger partial charge in [-0.3, -0.25) is 0 Å². The second kappa shape index (κ2) is 6.95. The number of hydrogen-bond acceptors (Lipinski definition) is 2. The Morgan fingerprint density at radius 1 is 1.21 bits per heavy atom. The number of benzene rings is 1. The van der Waals surface area contributed by atoms with Crippen LogP contribution in [0.15, 0.2) is 24.3 Å². The van der Waals surface area contributed by atoms with Crippen molar-refractivity contribution in [2.24, 2.45) is 11.7 Å². The van der Waals surface area contributed by atoms with Gasteiger partial charge >= 0.3 is 0 Å². The van der Waals surface area contributed by atoms with E-state index in [1.54, 1.807) is 0 Å². The number of para-hydroxylation sites is 1. The van der Waals surface area contributed by atoms with Crippen molar-refractivity contribution in [2.75, 3.05) is 18.0 Å². The van der Waals surface area contributed by atoms with Crippen molar-refractivity contribution in [3.05, 3.63) is 29.8 Å². The number of rotatable bonds is 5. The fourth-order valence-corrected chi connectivity index (χ4v) is 3.18. The Labute approximate surface area is 118 Å². The van der Waals surface area contributed by atoms with Crippen LogP contribution in [0.25, 0.3) is 0 Å². The summed E-state index contributed by atoms with van der Waals surface area (Å²) in [7, 11) is 0. The number of piperidine rings is 1. The predicted molar refractivity (Wildman–Crippen MR) is 83.5 cm³/mol. The second-order valence-corrected chi connectivity index (χ2v) is 5.79. The lowest BCUT2D eigenvalue weighted by molar-refractivity contribution is 0.378. The van der Waals surface area contributed by atoms with Crippen LogP contribution in [0.1, 0.15) is 57.6 Å². The van der Waals surface area contributed by atoms with Crippen LogP contribution < -0.4 is 10.6 Å². The van der Waals surface area contributed by atoms with E-state index in [2.05, 4.69) is 43.0 Å². The second-order valence-electron chi connectivity index (χ2n) is 5.79. The number of hydrogen-bond donors (Lipinski definition) is 1. The van der Waals surface area contributed by atoms with Crippen LogP contribution >= 0.6 is 0 Å². The molecule has 2 heteroatoms. The SMILES string of the molecule is CCCC1CCN(c2ccccc2[C@@H](N)CC)CC1. The quantitative estimate of drug-likeness (QED) is 0.863. The summed E-state index contributed by atoms with van der Waals surface area (Å²) in [6.07, 6.45) is 6.39. The molecule has 0 aliphatic carbocycles. The van der Waals surface area contributed by atoms with E-state index < -0.39 is 0 Å². The van der Waals surface area contributed by atoms with Crippen LogP contribution in [0.3, 0.4) is 0 Å². The third-order valence-electron chi connectivity index (χ3n) is 4.43. The van der Waals surface area contributed by atoms with E-state index >= 15 is 0 Å². The predicted octanol–water partition coefficient (Wildman–Crippen LogP) is 4.11. The minimum atomic E-state index is 0.171. The third-order valence-corrected chi connectivity index (χ3v) is 4.43. The average Bonchev–Trinajstić information content (AvgIpc) is 2.47. The molecule has 1 heterocycles. The first-order chi connectivity index (χ1) is 9.26. The molecule has 1 atom stereocenters. The van der Waals surface area contributed by atoms with Crippen molar-refractivity contribution >= 4 is 5.69 Å². The van der Waals surface area contributed by atoms with Gasteiger partial charge in [-0.1, -0.05) is 44.9 Å². The van der Waals surface area contributed by atoms with Gasteiger partial charge in [0.1, 0.15) is 0 Å². The molecule has 0 bridgehead atoms. The van der Waals surface area contributed by atoms with Crippen LogP contribution in [-0.2, 0) is 0 Å². The molecule has 1 fully saturated rings. The van der Waals surface area contributed by atoms with Crippen molar-refractivity contribution in [1.29, 1.82) is 0 Å². The molecule has 1 aromatic rings. The maximum absolute atomic E-state index is 6.25. The highest BCUT2D eigenvalue weighted by Crippen LogP contribution is 2.31. The fraction of sp³-hybridized carbons (Fsp3) is 0.647. The normalized spacial score (nSPS) is 18.6. The van der Waals surface area contributed by atoms with Gasteiger partial charge in [0.15, 0.2) is 0 Å². The highest BCUT2D eigenvalue weighted by atomic mass is 15.1. The minimum Gasteiger partial charge on any atom is -0.371 e. The van der Waals surface area contributed by atoms with Crippen LogP contribution in [0, 0.1) is 5.92 Å². The minimum absolute atomic E-state index is 0.171. The van der Waals surface area contributed by atoms with E-state index in [0.29, 0.717) is 0 Å². The summed E-state index contributed by atoms with van der Waals surface area (Å²) >= 11 is 0. The van der Waals surface area contributed by atoms with Gasteiger partial charge in [-0.15, -0.1) is 0 Å². The lowest BCUT2D eigenvalue weighted by Gasteiger charge is -2.35. The first kappa shape index (κ1) is 14.4. The van der Waals surface area contributed by atoms with Gasteiger partial charge in [-0.25, -0.2) is 0 Å². The number of nitrogens with two attached hydrogens (primary N) is 1. The summed E-state index contributed by atoms with van der Waals surface area (Å²) in [5.74, 6) is 0.938. The van der Waals surface area contributed by atoms with E-state index in [4.69, 9.17) is 5.73 Å². The molecule has 1 aliphatic rings. The molecule has 1 saturated heterocycles. The maximum atomic E-state index is 6.25. The Morgan fingerprint density at radius 2 is 1.89 bits per heavy atom. The van der Waals surface area contributed by atoms with Crippen LogP contribution in [-0.4, -0.2) is 13.1 Å². The summed E-state index contributed by atoms with van der Waals surface area (Å²) in [5.41, 5.74) is 8.94. The molecule has 0 amide bonds. The number of nitrogens with zero attached hydrogens (tertiary/aromatic N) is 1. The van der Waals surface area contributed by atoms with Crippen LogP contribution in [0.5, 0.6) is 0 Å². The first-order valence-electron chi connectivity index (χ1n) is 7.85. The first-order valence-corrected chi connectivity index (χ1v) is 7.85. The van der Waals surface area contributed by atoms with E-state index in [0.717, 1.165) is 12.3 Å². The Balaban J connectivity index is 2.07. The van der Waals surface area contributed by atoms with Gasteiger partial charge < -0.3 is 10.6 Å². The third kappa shape index (κ3) is 3.50. The van der Waals surface area contributed by atoms with Crippen LogP contribution in [0.4, 0.5) is 5.69 Å². The van der Waals surface area contributed by atoms with Gasteiger partial charge in [0, 0.05) is 24.8 Å². The zero-order chi connectivity index (χ0) is 13.7. The molecule has 19 heavy (non-hydrogen) atoms. The highest BCUT2D eigenvalue weighted by molar-refractivity contribution is 5.55. The van der Waals surface area contributed by atoms with E-state index in [-0.39, 0.29) is 6.04 Å². The molecular weight excluding hydrogens is 232 g/mol. The molecule has 0 unspecified atom stereocenters. The van der Waals surface area contributed by atoms with Gasteiger partial charge in [0.2, 0.25) is 0 Å². The molecular formula is C17H28N2. The molecule has 0 aromatic heterocycles.